The van der Waals surface area contributed by atoms with Crippen LogP contribution in [0.5, 0.6) is 0 Å². The zero-order chi connectivity index (χ0) is 106. The van der Waals surface area contributed by atoms with Gasteiger partial charge in [0.25, 0.3) is 0 Å². The van der Waals surface area contributed by atoms with Gasteiger partial charge in [0, 0.05) is 50.9 Å². The van der Waals surface area contributed by atoms with Crippen molar-refractivity contribution in [2.75, 3.05) is 51.3 Å². The molecule has 0 radical (unpaired) electrons. The number of aliphatic carboxylic acids is 3. The average Bonchev–Trinajstić information content (AvgIpc) is 1.36. The number of amides is 18. The van der Waals surface area contributed by atoms with E-state index in [9.17, 15) is 121 Å². The molecule has 18 amide bonds. The number of aliphatic hydroxyl groups is 1. The summed E-state index contributed by atoms with van der Waals surface area (Å²) in [6.45, 7) is 9.72. The monoisotopic (exact) mass is 1990 g/mol. The summed E-state index contributed by atoms with van der Waals surface area (Å²) in [5, 5.41) is 117. The first kappa shape index (κ1) is 122. The Morgan fingerprint density at radius 2 is 0.763 bits per heavy atom. The van der Waals surface area contributed by atoms with Crippen LogP contribution >= 0.6 is 11.8 Å². The molecule has 780 valence electrons. The molecule has 43 N–H and O–H groups in total. The van der Waals surface area contributed by atoms with E-state index < -0.39 is 296 Å². The van der Waals surface area contributed by atoms with E-state index in [1.807, 2.05) is 0 Å². The molecule has 0 unspecified atom stereocenters. The van der Waals surface area contributed by atoms with Gasteiger partial charge < -0.3 is 172 Å². The molecule has 0 spiro atoms. The Morgan fingerprint density at radius 1 is 0.396 bits per heavy atom. The van der Waals surface area contributed by atoms with E-state index >= 15 is 0 Å². The Hall–Kier alpha value is -14.6. The van der Waals surface area contributed by atoms with Gasteiger partial charge in [0.05, 0.1) is 44.8 Å². The minimum absolute atomic E-state index is 0.0127. The molecule has 1 aromatic rings. The fourth-order valence-corrected chi connectivity index (χ4v) is 13.3. The molecule has 0 aliphatic heterocycles. The molecule has 0 saturated carbocycles. The van der Waals surface area contributed by atoms with Crippen LogP contribution in [0.1, 0.15) is 164 Å². The number of aliphatic hydroxyl groups excluding tert-OH is 1. The van der Waals surface area contributed by atoms with E-state index in [1.54, 1.807) is 34.0 Å². The largest absolute Gasteiger partial charge is 0.481 e. The number of rotatable bonds is 69. The summed E-state index contributed by atoms with van der Waals surface area (Å²) >= 11 is 1.16. The summed E-state index contributed by atoms with van der Waals surface area (Å²) in [6, 6.07) is -26.3. The fourth-order valence-electron chi connectivity index (χ4n) is 12.8. The molecule has 1 aromatic heterocycles. The number of nitrogens with one attached hydrogen (secondary N) is 25. The Balaban J connectivity index is 3.51. The van der Waals surface area contributed by atoms with Crippen molar-refractivity contribution < 1.29 is 121 Å². The van der Waals surface area contributed by atoms with Gasteiger partial charge in [-0.1, -0.05) is 48.0 Å². The predicted molar refractivity (Wildman–Crippen MR) is 498 cm³/mol. The summed E-state index contributed by atoms with van der Waals surface area (Å²) < 4.78 is 0. The third-order valence-corrected chi connectivity index (χ3v) is 21.2. The van der Waals surface area contributed by atoms with Crippen molar-refractivity contribution in [2.24, 2.45) is 57.9 Å². The first-order valence-electron chi connectivity index (χ1n) is 44.3. The van der Waals surface area contributed by atoms with Crippen molar-refractivity contribution >= 4 is 160 Å². The van der Waals surface area contributed by atoms with Crippen LogP contribution in [-0.2, 0) is 107 Å². The molecule has 1 rings (SSSR count). The maximum absolute atomic E-state index is 14.6. The number of carboxylic acid groups (broad SMARTS) is 3. The topological polar surface area (TPSA) is 986 Å². The maximum Gasteiger partial charge on any atom is 0.326 e. The van der Waals surface area contributed by atoms with Gasteiger partial charge in [0.15, 0.2) is 23.8 Å². The van der Waals surface area contributed by atoms with Gasteiger partial charge in [0.2, 0.25) is 106 Å². The standard InChI is InChI=1S/C80H139N33O25S/c1-10-38(6)60(113-72(133)50(29-55(83)116)107-63(124)42(81)15-11-22-93-77(84)85)75(136)100-40(8)62(123)102-43(16-12-23-94-78(86)87)64(125)109-49(28-41-32-92-35-98-41)69(130)108-48(27-36(2)3)68(129)99-39(7)61(122)103-45(19-20-54(82)115)67(128)112-59(37(4)5)74(135)97-33-56(117)101-51(30-57(118)119)70(131)111-53(34-114)73(134)105-46(21-26-139-9)66(127)104-44(17-13-24-95-79(88)89)65(126)110-52(31-58(120)121)71(132)106-47(76(137)138)18-14-25-96-80(90)91/h32,35-40,42-53,59-60,114H,10-31,33-34,81H2,1-9H3,(H2,82,115)(H2,83,116)(H,92,98)(H,97,135)(H,99,129)(H,100,136)(H,101,117)(H,102,123)(H,103,122)(H,104,127)(H,105,134)(H,106,132)(H,107,124)(H,108,130)(H,109,125)(H,110,126)(H,111,131)(H,112,128)(H,113,133)(H,118,119)(H,120,121)(H,137,138)(H4,84,85,93)(H4,86,87,94)(H4,88,89,95)(H4,90,91,96)/t38-,39-,40-,42-,43-,44-,45-,46-,47-,48-,49-,50-,51-,52-,53-,59-,60-/m0/s1. The third kappa shape index (κ3) is 50.2. The lowest BCUT2D eigenvalue weighted by molar-refractivity contribution is -0.144. The highest BCUT2D eigenvalue weighted by Crippen LogP contribution is 2.15. The molecule has 0 aliphatic rings. The zero-order valence-corrected chi connectivity index (χ0v) is 79.7. The van der Waals surface area contributed by atoms with Crippen LogP contribution in [0.2, 0.25) is 0 Å². The number of H-pyrrole nitrogens is 1. The molecule has 59 heteroatoms. The molecule has 0 saturated heterocycles. The number of guanidine groups is 4. The molecule has 1 heterocycles. The highest BCUT2D eigenvalue weighted by atomic mass is 32.2. The molecular formula is C80H139N33O25S. The summed E-state index contributed by atoms with van der Waals surface area (Å²) in [6.07, 6.45) is -0.798. The van der Waals surface area contributed by atoms with Crippen molar-refractivity contribution in [3.63, 3.8) is 0 Å². The van der Waals surface area contributed by atoms with Gasteiger partial charge in [-0.05, 0) is 114 Å². The van der Waals surface area contributed by atoms with Gasteiger partial charge in [0.1, 0.15) is 90.6 Å². The SMILES string of the molecule is CC[C@H](C)[C@H](NC(=O)[C@H](CC(N)=O)NC(=O)[C@@H](N)CCCNC(=N)N)C(=O)N[C@@H](C)C(=O)N[C@@H](CCCNC(=N)N)C(=O)N[C@@H](Cc1cnc[nH]1)C(=O)N[C@@H](CC(C)C)C(=O)N[C@@H](C)C(=O)N[C@@H](CCC(N)=O)C(=O)N[C@H](C(=O)NCC(=O)N[C@@H](CC(=O)O)C(=O)N[C@@H](CO)C(=O)N[C@@H](CCSC)C(=O)N[C@@H](CCCNC(=N)N)C(=O)N[C@@H](CC(=O)O)C(=O)N[C@@H](CCCNC(=N)N)C(=O)O)C(C)C. The van der Waals surface area contributed by atoms with Crippen molar-refractivity contribution in [2.45, 2.75) is 261 Å². The number of nitrogens with two attached hydrogens (primary N) is 7. The summed E-state index contributed by atoms with van der Waals surface area (Å²) in [7, 11) is 0. The molecule has 17 atom stereocenters. The van der Waals surface area contributed by atoms with Gasteiger partial charge in [-0.3, -0.25) is 118 Å². The quantitative estimate of drug-likeness (QED) is 0.0164. The number of carbonyl (C=O) groups excluding carboxylic acids is 18. The number of carbonyl (C=O) groups is 21. The highest BCUT2D eigenvalue weighted by molar-refractivity contribution is 7.98. The van der Waals surface area contributed by atoms with E-state index in [2.05, 4.69) is 116 Å². The van der Waals surface area contributed by atoms with Gasteiger partial charge >= 0.3 is 17.9 Å². The minimum Gasteiger partial charge on any atom is -0.481 e. The number of primary amides is 2. The Labute approximate surface area is 804 Å². The first-order valence-corrected chi connectivity index (χ1v) is 45.7. The van der Waals surface area contributed by atoms with Crippen LogP contribution in [0.3, 0.4) is 0 Å². The van der Waals surface area contributed by atoms with Gasteiger partial charge in [-0.25, -0.2) is 9.78 Å². The lowest BCUT2D eigenvalue weighted by Gasteiger charge is -2.29. The van der Waals surface area contributed by atoms with E-state index in [-0.39, 0.29) is 127 Å². The number of aromatic amines is 1. The number of nitrogens with zero attached hydrogens (tertiary/aromatic N) is 1. The average molecular weight is 2000 g/mol. The third-order valence-electron chi connectivity index (χ3n) is 20.6. The molecule has 0 aromatic carbocycles. The number of carboxylic acids is 3. The van der Waals surface area contributed by atoms with Crippen LogP contribution in [0.4, 0.5) is 0 Å². The Bertz CT molecular complexity index is 4400. The molecule has 58 nitrogen and oxygen atoms in total. The lowest BCUT2D eigenvalue weighted by Crippen LogP contribution is -2.61. The summed E-state index contributed by atoms with van der Waals surface area (Å²) in [4.78, 5) is 291. The van der Waals surface area contributed by atoms with Gasteiger partial charge in [-0.2, -0.15) is 11.8 Å². The van der Waals surface area contributed by atoms with E-state index in [4.69, 9.17) is 61.8 Å². The van der Waals surface area contributed by atoms with Crippen LogP contribution in [-0.4, -0.2) is 326 Å². The predicted octanol–water partition coefficient (Wildman–Crippen LogP) is -12.6. The first-order chi connectivity index (χ1) is 65.1. The number of aromatic nitrogens is 2. The fraction of sp³-hybridized carbons (Fsp3) is 0.650. The zero-order valence-electron chi connectivity index (χ0n) is 78.9. The molecule has 0 aliphatic carbocycles. The summed E-state index contributed by atoms with van der Waals surface area (Å²) in [5.74, 6) is -28.0. The Morgan fingerprint density at radius 3 is 1.19 bits per heavy atom. The van der Waals surface area contributed by atoms with Crippen molar-refractivity contribution in [3.8, 4) is 0 Å². The van der Waals surface area contributed by atoms with E-state index in [0.29, 0.717) is 0 Å². The normalized spacial score (nSPS) is 14.6. The van der Waals surface area contributed by atoms with E-state index in [1.165, 1.54) is 40.2 Å². The number of hydrogen-bond donors (Lipinski definition) is 36. The minimum atomic E-state index is -2.09. The second-order valence-electron chi connectivity index (χ2n) is 33.1. The van der Waals surface area contributed by atoms with Crippen LogP contribution in [0.15, 0.2) is 12.5 Å². The van der Waals surface area contributed by atoms with Crippen molar-refractivity contribution in [3.05, 3.63) is 18.2 Å². The summed E-state index contributed by atoms with van der Waals surface area (Å²) in [5.41, 5.74) is 38.6. The van der Waals surface area contributed by atoms with Crippen molar-refractivity contribution in [1.82, 2.24) is 116 Å². The second-order valence-corrected chi connectivity index (χ2v) is 34.1. The second kappa shape index (κ2) is 64.4. The van der Waals surface area contributed by atoms with E-state index in [0.717, 1.165) is 11.8 Å². The number of imidazole rings is 1. The van der Waals surface area contributed by atoms with Crippen LogP contribution < -0.4 is 146 Å². The molecule has 0 fully saturated rings. The van der Waals surface area contributed by atoms with Crippen LogP contribution in [0.25, 0.3) is 0 Å². The lowest BCUT2D eigenvalue weighted by atomic mass is 9.97. The molecular weight excluding hydrogens is 1860 g/mol. The number of thioether (sulfide) groups is 1. The highest BCUT2D eigenvalue weighted by Gasteiger charge is 2.40. The van der Waals surface area contributed by atoms with Crippen LogP contribution in [0, 0.1) is 39.4 Å². The smallest absolute Gasteiger partial charge is 0.326 e. The van der Waals surface area contributed by atoms with Gasteiger partial charge in [-0.15, -0.1) is 0 Å². The number of hydrogen-bond acceptors (Lipinski definition) is 29. The Kier molecular flexibility index (Phi) is 56.8. The maximum atomic E-state index is 14.6. The molecule has 139 heavy (non-hydrogen) atoms. The molecule has 0 bridgehead atoms. The van der Waals surface area contributed by atoms with Crippen molar-refractivity contribution in [1.29, 1.82) is 21.6 Å².